The van der Waals surface area contributed by atoms with Crippen LogP contribution in [0.2, 0.25) is 5.02 Å². The van der Waals surface area contributed by atoms with Crippen LogP contribution in [0.15, 0.2) is 48.8 Å². The molecule has 2 N–H and O–H groups in total. The highest BCUT2D eigenvalue weighted by Gasteiger charge is 2.11. The molecule has 5 nitrogen and oxygen atoms in total. The molecule has 0 aliphatic rings. The van der Waals surface area contributed by atoms with Crippen LogP contribution in [0.25, 0.3) is 5.76 Å². The Morgan fingerprint density at radius 2 is 1.81 bits per heavy atom. The standard InChI is InChI=1S/C15H12ClNO4/c16-12-3-1-10(2-4-12)8-17-6-5-11(9-17)13(18)7-14(19)15(20)21/h1-7,9,18H,8H2,(H,20,21). The second-order valence-corrected chi connectivity index (χ2v) is 4.83. The Morgan fingerprint density at radius 1 is 1.14 bits per heavy atom. The number of ketones is 1. The lowest BCUT2D eigenvalue weighted by atomic mass is 10.2. The predicted molar refractivity (Wildman–Crippen MR) is 78.2 cm³/mol. The van der Waals surface area contributed by atoms with Crippen LogP contribution >= 0.6 is 11.6 Å². The highest BCUT2D eigenvalue weighted by Crippen LogP contribution is 2.15. The van der Waals surface area contributed by atoms with Crippen molar-refractivity contribution in [3.8, 4) is 0 Å². The lowest BCUT2D eigenvalue weighted by molar-refractivity contribution is -0.146. The van der Waals surface area contributed by atoms with E-state index >= 15 is 0 Å². The zero-order chi connectivity index (χ0) is 15.4. The molecular formula is C15H12ClNO4. The number of benzene rings is 1. The van der Waals surface area contributed by atoms with E-state index in [2.05, 4.69) is 0 Å². The number of carboxylic acids is 1. The summed E-state index contributed by atoms with van der Waals surface area (Å²) in [6.07, 6.45) is 4.03. The highest BCUT2D eigenvalue weighted by atomic mass is 35.5. The SMILES string of the molecule is O=C(O)C(=O)C=C(O)c1ccn(Cc2ccc(Cl)cc2)c1. The number of carbonyl (C=O) groups is 2. The Hall–Kier alpha value is -2.53. The van der Waals surface area contributed by atoms with Crippen molar-refractivity contribution in [2.75, 3.05) is 0 Å². The van der Waals surface area contributed by atoms with Gasteiger partial charge in [-0.1, -0.05) is 23.7 Å². The Kier molecular flexibility index (Phi) is 4.45. The van der Waals surface area contributed by atoms with Crippen LogP contribution in [0.1, 0.15) is 11.1 Å². The third-order valence-electron chi connectivity index (χ3n) is 2.80. The van der Waals surface area contributed by atoms with Gasteiger partial charge >= 0.3 is 5.97 Å². The van der Waals surface area contributed by atoms with Crippen LogP contribution in [-0.2, 0) is 16.1 Å². The molecule has 0 radical (unpaired) electrons. The van der Waals surface area contributed by atoms with Gasteiger partial charge in [0.25, 0.3) is 5.78 Å². The summed E-state index contributed by atoms with van der Waals surface area (Å²) in [4.78, 5) is 21.4. The maximum atomic E-state index is 11.0. The van der Waals surface area contributed by atoms with Crippen molar-refractivity contribution in [1.29, 1.82) is 0 Å². The van der Waals surface area contributed by atoms with E-state index in [0.717, 1.165) is 5.56 Å². The van der Waals surface area contributed by atoms with Gasteiger partial charge in [-0.05, 0) is 23.8 Å². The summed E-state index contributed by atoms with van der Waals surface area (Å²) in [5.41, 5.74) is 1.39. The van der Waals surface area contributed by atoms with Gasteiger partial charge < -0.3 is 14.8 Å². The largest absolute Gasteiger partial charge is 0.507 e. The topological polar surface area (TPSA) is 79.5 Å². The van der Waals surface area contributed by atoms with E-state index in [4.69, 9.17) is 16.7 Å². The average molecular weight is 306 g/mol. The third-order valence-corrected chi connectivity index (χ3v) is 3.06. The van der Waals surface area contributed by atoms with E-state index in [9.17, 15) is 14.7 Å². The highest BCUT2D eigenvalue weighted by molar-refractivity contribution is 6.38. The van der Waals surface area contributed by atoms with E-state index < -0.39 is 11.8 Å². The summed E-state index contributed by atoms with van der Waals surface area (Å²) < 4.78 is 1.80. The van der Waals surface area contributed by atoms with Crippen molar-refractivity contribution in [2.24, 2.45) is 0 Å². The van der Waals surface area contributed by atoms with Gasteiger partial charge in [0.15, 0.2) is 0 Å². The van der Waals surface area contributed by atoms with E-state index in [1.165, 1.54) is 0 Å². The average Bonchev–Trinajstić information content (AvgIpc) is 2.90. The first kappa shape index (κ1) is 14.9. The van der Waals surface area contributed by atoms with Gasteiger partial charge in [0, 0.05) is 35.6 Å². The van der Waals surface area contributed by atoms with E-state index in [0.29, 0.717) is 23.2 Å². The number of hydrogen-bond acceptors (Lipinski definition) is 3. The van der Waals surface area contributed by atoms with Gasteiger partial charge in [0.2, 0.25) is 0 Å². The predicted octanol–water partition coefficient (Wildman–Crippen LogP) is 2.74. The second-order valence-electron chi connectivity index (χ2n) is 4.40. The molecule has 1 aromatic heterocycles. The number of aliphatic hydroxyl groups is 1. The molecule has 0 saturated heterocycles. The quantitative estimate of drug-likeness (QED) is 0.506. The third kappa shape index (κ3) is 3.97. The monoisotopic (exact) mass is 305 g/mol. The maximum absolute atomic E-state index is 11.0. The number of rotatable bonds is 5. The molecule has 21 heavy (non-hydrogen) atoms. The van der Waals surface area contributed by atoms with Gasteiger partial charge in [-0.25, -0.2) is 4.79 Å². The molecule has 0 bridgehead atoms. The number of carboxylic acid groups (broad SMARTS) is 1. The first-order chi connectivity index (χ1) is 9.95. The fourth-order valence-corrected chi connectivity index (χ4v) is 1.89. The normalized spacial score (nSPS) is 11.4. The number of aliphatic carboxylic acids is 1. The molecule has 0 aliphatic carbocycles. The summed E-state index contributed by atoms with van der Waals surface area (Å²) in [5.74, 6) is -3.16. The molecule has 0 saturated carbocycles. The van der Waals surface area contributed by atoms with Gasteiger partial charge in [-0.2, -0.15) is 0 Å². The van der Waals surface area contributed by atoms with Crippen molar-refractivity contribution in [1.82, 2.24) is 4.57 Å². The maximum Gasteiger partial charge on any atom is 0.376 e. The van der Waals surface area contributed by atoms with Crippen molar-refractivity contribution in [2.45, 2.75) is 6.54 Å². The van der Waals surface area contributed by atoms with Crippen LogP contribution in [0.5, 0.6) is 0 Å². The molecule has 0 aliphatic heterocycles. The molecule has 1 heterocycles. The first-order valence-electron chi connectivity index (χ1n) is 6.04. The number of aromatic nitrogens is 1. The van der Waals surface area contributed by atoms with Crippen molar-refractivity contribution >= 4 is 29.1 Å². The lowest BCUT2D eigenvalue weighted by Gasteiger charge is -2.03. The van der Waals surface area contributed by atoms with Crippen molar-refractivity contribution < 1.29 is 19.8 Å². The number of aliphatic hydroxyl groups excluding tert-OH is 1. The zero-order valence-electron chi connectivity index (χ0n) is 10.9. The minimum Gasteiger partial charge on any atom is -0.507 e. The zero-order valence-corrected chi connectivity index (χ0v) is 11.6. The molecule has 0 fully saturated rings. The molecule has 108 valence electrons. The van der Waals surface area contributed by atoms with Gasteiger partial charge in [0.1, 0.15) is 5.76 Å². The van der Waals surface area contributed by atoms with Gasteiger partial charge in [-0.3, -0.25) is 4.79 Å². The minimum atomic E-state index is -1.61. The van der Waals surface area contributed by atoms with Crippen molar-refractivity contribution in [3.05, 3.63) is 65.0 Å². The van der Waals surface area contributed by atoms with Gasteiger partial charge in [0.05, 0.1) is 0 Å². The summed E-state index contributed by atoms with van der Waals surface area (Å²) in [6, 6.07) is 8.92. The summed E-state index contributed by atoms with van der Waals surface area (Å²) in [7, 11) is 0. The summed E-state index contributed by atoms with van der Waals surface area (Å²) >= 11 is 5.81. The fraction of sp³-hybridized carbons (Fsp3) is 0.0667. The molecule has 0 atom stereocenters. The van der Waals surface area contributed by atoms with Crippen LogP contribution in [0.4, 0.5) is 0 Å². The minimum absolute atomic E-state index is 0.374. The fourth-order valence-electron chi connectivity index (χ4n) is 1.76. The van der Waals surface area contributed by atoms with E-state index in [1.54, 1.807) is 35.2 Å². The van der Waals surface area contributed by atoms with E-state index in [-0.39, 0.29) is 5.76 Å². The summed E-state index contributed by atoms with van der Waals surface area (Å²) in [5, 5.41) is 18.8. The Bertz CT molecular complexity index is 701. The lowest BCUT2D eigenvalue weighted by Crippen LogP contribution is -2.09. The van der Waals surface area contributed by atoms with Crippen LogP contribution in [0.3, 0.4) is 0 Å². The summed E-state index contributed by atoms with van der Waals surface area (Å²) in [6.45, 7) is 0.567. The van der Waals surface area contributed by atoms with Crippen LogP contribution in [0, 0.1) is 0 Å². The second kappa shape index (κ2) is 6.28. The molecule has 2 aromatic rings. The molecule has 0 amide bonds. The number of hydrogen-bond donors (Lipinski definition) is 2. The molecule has 1 aromatic carbocycles. The Balaban J connectivity index is 2.12. The van der Waals surface area contributed by atoms with E-state index in [1.807, 2.05) is 12.1 Å². The Morgan fingerprint density at radius 3 is 2.43 bits per heavy atom. The number of halogens is 1. The molecule has 6 heteroatoms. The molecular weight excluding hydrogens is 294 g/mol. The Labute approximate surface area is 125 Å². The smallest absolute Gasteiger partial charge is 0.376 e. The number of carbonyl (C=O) groups excluding carboxylic acids is 1. The molecule has 0 unspecified atom stereocenters. The molecule has 2 rings (SSSR count). The number of nitrogens with zero attached hydrogens (tertiary/aromatic N) is 1. The van der Waals surface area contributed by atoms with Crippen LogP contribution in [-0.4, -0.2) is 26.5 Å². The van der Waals surface area contributed by atoms with Crippen LogP contribution < -0.4 is 0 Å². The molecule has 0 spiro atoms. The van der Waals surface area contributed by atoms with Crippen molar-refractivity contribution in [3.63, 3.8) is 0 Å². The van der Waals surface area contributed by atoms with Gasteiger partial charge in [-0.15, -0.1) is 0 Å². The first-order valence-corrected chi connectivity index (χ1v) is 6.42.